The molecule has 0 bridgehead atoms. The molecule has 2 aromatic heterocycles. The molecule has 4 rings (SSSR count). The van der Waals surface area contributed by atoms with Crippen LogP contribution in [0.15, 0.2) is 29.1 Å². The summed E-state index contributed by atoms with van der Waals surface area (Å²) in [7, 11) is 0. The van der Waals surface area contributed by atoms with Crippen molar-refractivity contribution in [2.24, 2.45) is 5.92 Å². The number of ether oxygens (including phenoxy) is 1. The van der Waals surface area contributed by atoms with Crippen molar-refractivity contribution < 1.29 is 9.84 Å². The molecule has 1 saturated carbocycles. The van der Waals surface area contributed by atoms with Gasteiger partial charge in [-0.15, -0.1) is 5.10 Å². The number of rotatable bonds is 11. The maximum absolute atomic E-state index is 13.0. The highest BCUT2D eigenvalue weighted by atomic mass is 16.5. The van der Waals surface area contributed by atoms with Crippen LogP contribution in [0, 0.1) is 5.92 Å². The minimum absolute atomic E-state index is 0.0802. The van der Waals surface area contributed by atoms with E-state index in [0.717, 1.165) is 35.3 Å². The van der Waals surface area contributed by atoms with Crippen LogP contribution in [0.3, 0.4) is 0 Å². The Labute approximate surface area is 206 Å². The molecule has 1 aliphatic rings. The van der Waals surface area contributed by atoms with Crippen molar-refractivity contribution >= 4 is 10.9 Å². The number of benzene rings is 1. The van der Waals surface area contributed by atoms with Gasteiger partial charge in [0.2, 0.25) is 0 Å². The van der Waals surface area contributed by atoms with Crippen molar-refractivity contribution in [2.45, 2.75) is 77.9 Å². The van der Waals surface area contributed by atoms with Gasteiger partial charge in [0.05, 0.1) is 18.7 Å². The molecule has 190 valence electrons. The monoisotopic (exact) mass is 482 g/mol. The number of nitrogens with one attached hydrogen (secondary N) is 1. The topological polar surface area (TPSA) is 109 Å². The van der Waals surface area contributed by atoms with Crippen LogP contribution >= 0.6 is 0 Å². The highest BCUT2D eigenvalue weighted by molar-refractivity contribution is 5.80. The summed E-state index contributed by atoms with van der Waals surface area (Å²) < 4.78 is 7.68. The smallest absolute Gasteiger partial charge is 0.252 e. The zero-order chi connectivity index (χ0) is 24.8. The highest BCUT2D eigenvalue weighted by Gasteiger charge is 2.32. The van der Waals surface area contributed by atoms with E-state index in [0.29, 0.717) is 37.7 Å². The summed E-state index contributed by atoms with van der Waals surface area (Å²) >= 11 is 0. The number of H-pyrrole nitrogens is 1. The number of tetrazole rings is 1. The fourth-order valence-corrected chi connectivity index (χ4v) is 5.28. The number of fused-ring (bicyclic) bond motifs is 1. The first kappa shape index (κ1) is 25.3. The van der Waals surface area contributed by atoms with E-state index in [1.165, 1.54) is 19.3 Å². The average Bonchev–Trinajstić information content (AvgIpc) is 3.33. The van der Waals surface area contributed by atoms with Crippen LogP contribution in [0.5, 0.6) is 5.75 Å². The van der Waals surface area contributed by atoms with Gasteiger partial charge in [0.1, 0.15) is 5.75 Å². The summed E-state index contributed by atoms with van der Waals surface area (Å²) in [5.74, 6) is 1.84. The molecule has 3 aromatic rings. The van der Waals surface area contributed by atoms with Gasteiger partial charge in [-0.25, -0.2) is 4.68 Å². The number of pyridine rings is 1. The Morgan fingerprint density at radius 1 is 1.23 bits per heavy atom. The van der Waals surface area contributed by atoms with Crippen LogP contribution in [-0.2, 0) is 6.54 Å². The molecule has 1 atom stereocenters. The first-order chi connectivity index (χ1) is 17.0. The predicted octanol–water partition coefficient (Wildman–Crippen LogP) is 4.00. The summed E-state index contributed by atoms with van der Waals surface area (Å²) in [6, 6.07) is 7.89. The lowest BCUT2D eigenvalue weighted by Gasteiger charge is -2.34. The van der Waals surface area contributed by atoms with Crippen LogP contribution in [0.2, 0.25) is 0 Å². The van der Waals surface area contributed by atoms with Crippen molar-refractivity contribution in [3.05, 3.63) is 46.0 Å². The summed E-state index contributed by atoms with van der Waals surface area (Å²) in [4.78, 5) is 18.3. The van der Waals surface area contributed by atoms with Crippen molar-refractivity contribution in [1.29, 1.82) is 0 Å². The predicted molar refractivity (Wildman–Crippen MR) is 135 cm³/mol. The van der Waals surface area contributed by atoms with Crippen LogP contribution in [0.1, 0.15) is 82.8 Å². The molecule has 0 amide bonds. The van der Waals surface area contributed by atoms with Gasteiger partial charge in [-0.05, 0) is 66.8 Å². The molecule has 9 heteroatoms. The van der Waals surface area contributed by atoms with Gasteiger partial charge in [0, 0.05) is 36.2 Å². The molecule has 1 aliphatic carbocycles. The SMILES string of the molecule is CCOc1ccc2[nH]c(=O)c(CN(CCCO)C(c3nnnn3C3CCCCC3)C(C)C)cc2c1. The maximum atomic E-state index is 13.0. The Morgan fingerprint density at radius 2 is 2.03 bits per heavy atom. The highest BCUT2D eigenvalue weighted by Crippen LogP contribution is 2.34. The van der Waals surface area contributed by atoms with Gasteiger partial charge in [-0.1, -0.05) is 33.1 Å². The molecule has 1 unspecified atom stereocenters. The Hall–Kier alpha value is -2.78. The molecule has 2 N–H and O–H groups in total. The third-order valence-electron chi connectivity index (χ3n) is 6.91. The Morgan fingerprint density at radius 3 is 2.74 bits per heavy atom. The van der Waals surface area contributed by atoms with Gasteiger partial charge in [-0.2, -0.15) is 0 Å². The number of nitrogens with zero attached hydrogens (tertiary/aromatic N) is 5. The molecule has 1 fully saturated rings. The zero-order valence-electron chi connectivity index (χ0n) is 21.1. The summed E-state index contributed by atoms with van der Waals surface area (Å²) in [5.41, 5.74) is 1.35. The average molecular weight is 483 g/mol. The van der Waals surface area contributed by atoms with Gasteiger partial charge in [0.25, 0.3) is 5.56 Å². The van der Waals surface area contributed by atoms with Crippen LogP contribution in [-0.4, -0.2) is 55.0 Å². The first-order valence-corrected chi connectivity index (χ1v) is 12.9. The first-order valence-electron chi connectivity index (χ1n) is 12.9. The lowest BCUT2D eigenvalue weighted by molar-refractivity contribution is 0.118. The van der Waals surface area contributed by atoms with E-state index in [1.807, 2.05) is 35.9 Å². The summed E-state index contributed by atoms with van der Waals surface area (Å²) in [6.45, 7) is 8.01. The molecule has 35 heavy (non-hydrogen) atoms. The number of aromatic nitrogens is 5. The zero-order valence-corrected chi connectivity index (χ0v) is 21.1. The second-order valence-electron chi connectivity index (χ2n) is 9.82. The molecule has 0 aliphatic heterocycles. The Bertz CT molecular complexity index is 1150. The fourth-order valence-electron chi connectivity index (χ4n) is 5.28. The molecule has 1 aromatic carbocycles. The molecular weight excluding hydrogens is 444 g/mol. The molecule has 9 nitrogen and oxygen atoms in total. The number of aromatic amines is 1. The van der Waals surface area contributed by atoms with Gasteiger partial charge < -0.3 is 14.8 Å². The van der Waals surface area contributed by atoms with E-state index >= 15 is 0 Å². The largest absolute Gasteiger partial charge is 0.494 e. The molecule has 0 saturated heterocycles. The Balaban J connectivity index is 1.69. The van der Waals surface area contributed by atoms with Crippen LogP contribution < -0.4 is 10.3 Å². The number of aliphatic hydroxyl groups is 1. The van der Waals surface area contributed by atoms with E-state index < -0.39 is 0 Å². The quantitative estimate of drug-likeness (QED) is 0.425. The number of hydrogen-bond acceptors (Lipinski definition) is 7. The second kappa shape index (κ2) is 11.8. The van der Waals surface area contributed by atoms with E-state index in [4.69, 9.17) is 4.74 Å². The van der Waals surface area contributed by atoms with E-state index in [9.17, 15) is 9.90 Å². The van der Waals surface area contributed by atoms with Gasteiger partial charge in [0.15, 0.2) is 5.82 Å². The third kappa shape index (κ3) is 5.90. The molecule has 0 radical (unpaired) electrons. The fraction of sp³-hybridized carbons (Fsp3) is 0.615. The van der Waals surface area contributed by atoms with Gasteiger partial charge >= 0.3 is 0 Å². The Kier molecular flexibility index (Phi) is 8.51. The van der Waals surface area contributed by atoms with Crippen molar-refractivity contribution in [3.63, 3.8) is 0 Å². The van der Waals surface area contributed by atoms with Crippen LogP contribution in [0.4, 0.5) is 0 Å². The lowest BCUT2D eigenvalue weighted by atomic mass is 9.94. The molecule has 0 spiro atoms. The minimum Gasteiger partial charge on any atom is -0.494 e. The molecular formula is C26H38N6O3. The summed E-state index contributed by atoms with van der Waals surface area (Å²) in [5, 5.41) is 23.5. The third-order valence-corrected chi connectivity index (χ3v) is 6.91. The standard InChI is InChI=1S/C26H38N6O3/c1-4-35-22-11-12-23-19(16-22)15-20(26(34)27-23)17-31(13-8-14-33)24(18(2)3)25-28-29-30-32(25)21-9-6-5-7-10-21/h11-12,15-16,18,21,24,33H,4-10,13-14,17H2,1-3H3,(H,27,34). The van der Waals surface area contributed by atoms with Gasteiger partial charge in [-0.3, -0.25) is 9.69 Å². The number of aliphatic hydroxyl groups excluding tert-OH is 1. The molecule has 2 heterocycles. The van der Waals surface area contributed by atoms with Crippen LogP contribution in [0.25, 0.3) is 10.9 Å². The van der Waals surface area contributed by atoms with E-state index in [-0.39, 0.29) is 24.1 Å². The van der Waals surface area contributed by atoms with E-state index in [2.05, 4.69) is 39.3 Å². The lowest BCUT2D eigenvalue weighted by Crippen LogP contribution is -2.37. The van der Waals surface area contributed by atoms with E-state index in [1.54, 1.807) is 0 Å². The number of hydrogen-bond donors (Lipinski definition) is 2. The van der Waals surface area contributed by atoms with Crippen molar-refractivity contribution in [1.82, 2.24) is 30.1 Å². The minimum atomic E-state index is -0.106. The second-order valence-corrected chi connectivity index (χ2v) is 9.82. The maximum Gasteiger partial charge on any atom is 0.252 e. The van der Waals surface area contributed by atoms with Crippen molar-refractivity contribution in [2.75, 3.05) is 19.8 Å². The normalized spacial score (nSPS) is 15.8. The summed E-state index contributed by atoms with van der Waals surface area (Å²) in [6.07, 6.45) is 6.44. The van der Waals surface area contributed by atoms with Crippen molar-refractivity contribution in [3.8, 4) is 5.75 Å².